The number of hydrogen-bond donors (Lipinski definition) is 1. The molecule has 1 aliphatic carbocycles. The Morgan fingerprint density at radius 2 is 2.14 bits per heavy atom. The molecular formula is C11H21NO2. The van der Waals surface area contributed by atoms with Crippen molar-refractivity contribution in [1.29, 1.82) is 0 Å². The van der Waals surface area contributed by atoms with E-state index in [0.717, 1.165) is 25.7 Å². The molecule has 1 fully saturated rings. The highest BCUT2D eigenvalue weighted by atomic mass is 16.5. The SMILES string of the molecule is CC(C)CCOC(=O)CC1(N)CCC1. The fraction of sp³-hybridized carbons (Fsp3) is 0.909. The van der Waals surface area contributed by atoms with Crippen LogP contribution in [0.2, 0.25) is 0 Å². The monoisotopic (exact) mass is 199 g/mol. The van der Waals surface area contributed by atoms with Crippen LogP contribution in [0, 0.1) is 5.92 Å². The summed E-state index contributed by atoms with van der Waals surface area (Å²) in [4.78, 5) is 11.3. The molecule has 0 radical (unpaired) electrons. The Bertz CT molecular complexity index is 197. The van der Waals surface area contributed by atoms with Crippen molar-refractivity contribution in [3.05, 3.63) is 0 Å². The molecule has 0 aromatic carbocycles. The topological polar surface area (TPSA) is 52.3 Å². The van der Waals surface area contributed by atoms with Crippen molar-refractivity contribution in [2.24, 2.45) is 11.7 Å². The molecule has 0 aromatic rings. The lowest BCUT2D eigenvalue weighted by molar-refractivity contribution is -0.146. The Labute approximate surface area is 86.0 Å². The highest BCUT2D eigenvalue weighted by molar-refractivity contribution is 5.71. The number of esters is 1. The quantitative estimate of drug-likeness (QED) is 0.687. The Kier molecular flexibility index (Phi) is 3.93. The fourth-order valence-electron chi connectivity index (χ4n) is 1.55. The van der Waals surface area contributed by atoms with Gasteiger partial charge in [-0.25, -0.2) is 0 Å². The van der Waals surface area contributed by atoms with E-state index < -0.39 is 0 Å². The minimum absolute atomic E-state index is 0.132. The minimum Gasteiger partial charge on any atom is -0.466 e. The number of carbonyl (C=O) groups excluding carboxylic acids is 1. The molecule has 0 spiro atoms. The first-order valence-corrected chi connectivity index (χ1v) is 5.46. The van der Waals surface area contributed by atoms with Gasteiger partial charge in [-0.15, -0.1) is 0 Å². The highest BCUT2D eigenvalue weighted by Gasteiger charge is 2.35. The molecule has 1 saturated carbocycles. The molecule has 3 nitrogen and oxygen atoms in total. The fourth-order valence-corrected chi connectivity index (χ4v) is 1.55. The summed E-state index contributed by atoms with van der Waals surface area (Å²) in [5, 5.41) is 0. The van der Waals surface area contributed by atoms with Gasteiger partial charge in [0, 0.05) is 5.54 Å². The van der Waals surface area contributed by atoms with Crippen LogP contribution in [0.25, 0.3) is 0 Å². The Hall–Kier alpha value is -0.570. The molecule has 0 atom stereocenters. The molecule has 0 bridgehead atoms. The van der Waals surface area contributed by atoms with Gasteiger partial charge in [0.25, 0.3) is 0 Å². The molecule has 0 aromatic heterocycles. The molecule has 0 unspecified atom stereocenters. The molecular weight excluding hydrogens is 178 g/mol. The lowest BCUT2D eigenvalue weighted by Crippen LogP contribution is -2.48. The summed E-state index contributed by atoms with van der Waals surface area (Å²) in [7, 11) is 0. The van der Waals surface area contributed by atoms with Gasteiger partial charge in [0.1, 0.15) is 0 Å². The average molecular weight is 199 g/mol. The molecule has 0 saturated heterocycles. The lowest BCUT2D eigenvalue weighted by atomic mass is 9.75. The van der Waals surface area contributed by atoms with Crippen LogP contribution in [-0.2, 0) is 9.53 Å². The van der Waals surface area contributed by atoms with E-state index in [0.29, 0.717) is 18.9 Å². The van der Waals surface area contributed by atoms with E-state index in [9.17, 15) is 4.79 Å². The third-order valence-electron chi connectivity index (χ3n) is 2.80. The predicted octanol–water partition coefficient (Wildman–Crippen LogP) is 1.85. The first-order chi connectivity index (χ1) is 6.52. The van der Waals surface area contributed by atoms with Crippen molar-refractivity contribution in [2.75, 3.05) is 6.61 Å². The van der Waals surface area contributed by atoms with Crippen molar-refractivity contribution < 1.29 is 9.53 Å². The van der Waals surface area contributed by atoms with Gasteiger partial charge in [0.15, 0.2) is 0 Å². The van der Waals surface area contributed by atoms with Gasteiger partial charge >= 0.3 is 5.97 Å². The van der Waals surface area contributed by atoms with Crippen molar-refractivity contribution in [1.82, 2.24) is 0 Å². The maximum Gasteiger partial charge on any atom is 0.307 e. The minimum atomic E-state index is -0.241. The van der Waals surface area contributed by atoms with Crippen LogP contribution in [0.1, 0.15) is 46.0 Å². The third-order valence-corrected chi connectivity index (χ3v) is 2.80. The number of rotatable bonds is 5. The second-order valence-corrected chi connectivity index (χ2v) is 4.80. The second kappa shape index (κ2) is 4.78. The Morgan fingerprint density at radius 1 is 1.50 bits per heavy atom. The van der Waals surface area contributed by atoms with Crippen LogP contribution in [-0.4, -0.2) is 18.1 Å². The van der Waals surface area contributed by atoms with Gasteiger partial charge in [-0.1, -0.05) is 13.8 Å². The van der Waals surface area contributed by atoms with E-state index in [2.05, 4.69) is 13.8 Å². The van der Waals surface area contributed by atoms with Gasteiger partial charge in [0.05, 0.1) is 13.0 Å². The molecule has 3 heteroatoms. The van der Waals surface area contributed by atoms with E-state index in [4.69, 9.17) is 10.5 Å². The Morgan fingerprint density at radius 3 is 2.57 bits per heavy atom. The standard InChI is InChI=1S/C11H21NO2/c1-9(2)4-7-14-10(13)8-11(12)5-3-6-11/h9H,3-8,12H2,1-2H3. The molecule has 82 valence electrons. The van der Waals surface area contributed by atoms with Crippen molar-refractivity contribution in [2.45, 2.75) is 51.5 Å². The molecule has 2 N–H and O–H groups in total. The molecule has 0 amide bonds. The smallest absolute Gasteiger partial charge is 0.307 e. The molecule has 0 heterocycles. The zero-order valence-electron chi connectivity index (χ0n) is 9.21. The average Bonchev–Trinajstić information content (AvgIpc) is 2.00. The van der Waals surface area contributed by atoms with Gasteiger partial charge in [0.2, 0.25) is 0 Å². The van der Waals surface area contributed by atoms with Gasteiger partial charge in [-0.2, -0.15) is 0 Å². The van der Waals surface area contributed by atoms with Crippen LogP contribution in [0.3, 0.4) is 0 Å². The third kappa shape index (κ3) is 3.66. The van der Waals surface area contributed by atoms with Crippen molar-refractivity contribution in [3.63, 3.8) is 0 Å². The van der Waals surface area contributed by atoms with E-state index >= 15 is 0 Å². The first-order valence-electron chi connectivity index (χ1n) is 5.46. The number of carbonyl (C=O) groups is 1. The van der Waals surface area contributed by atoms with E-state index in [1.54, 1.807) is 0 Å². The largest absolute Gasteiger partial charge is 0.466 e. The van der Waals surface area contributed by atoms with E-state index in [1.807, 2.05) is 0 Å². The molecule has 1 rings (SSSR count). The Balaban J connectivity index is 2.10. The molecule has 14 heavy (non-hydrogen) atoms. The lowest BCUT2D eigenvalue weighted by Gasteiger charge is -2.37. The van der Waals surface area contributed by atoms with E-state index in [-0.39, 0.29) is 11.5 Å². The van der Waals surface area contributed by atoms with Crippen LogP contribution in [0.5, 0.6) is 0 Å². The highest BCUT2D eigenvalue weighted by Crippen LogP contribution is 2.32. The van der Waals surface area contributed by atoms with Gasteiger partial charge < -0.3 is 10.5 Å². The zero-order valence-corrected chi connectivity index (χ0v) is 9.21. The summed E-state index contributed by atoms with van der Waals surface area (Å²) in [5.74, 6) is 0.450. The molecule has 1 aliphatic rings. The molecule has 0 aliphatic heterocycles. The number of nitrogens with two attached hydrogens (primary N) is 1. The maximum atomic E-state index is 11.3. The van der Waals surface area contributed by atoms with Crippen LogP contribution >= 0.6 is 0 Å². The second-order valence-electron chi connectivity index (χ2n) is 4.80. The summed E-state index contributed by atoms with van der Waals surface area (Å²) < 4.78 is 5.11. The van der Waals surface area contributed by atoms with Crippen LogP contribution in [0.4, 0.5) is 0 Å². The zero-order chi connectivity index (χ0) is 10.6. The van der Waals surface area contributed by atoms with Gasteiger partial charge in [-0.05, 0) is 31.6 Å². The first kappa shape index (κ1) is 11.5. The van der Waals surface area contributed by atoms with Crippen molar-refractivity contribution in [3.8, 4) is 0 Å². The van der Waals surface area contributed by atoms with Gasteiger partial charge in [-0.3, -0.25) is 4.79 Å². The normalized spacial score (nSPS) is 19.1. The summed E-state index contributed by atoms with van der Waals surface area (Å²) in [6, 6.07) is 0. The number of ether oxygens (including phenoxy) is 1. The summed E-state index contributed by atoms with van der Waals surface area (Å²) in [5.41, 5.74) is 5.69. The maximum absolute atomic E-state index is 11.3. The predicted molar refractivity (Wildman–Crippen MR) is 55.8 cm³/mol. The summed E-state index contributed by atoms with van der Waals surface area (Å²) >= 11 is 0. The van der Waals surface area contributed by atoms with E-state index in [1.165, 1.54) is 0 Å². The van der Waals surface area contributed by atoms with Crippen LogP contribution in [0.15, 0.2) is 0 Å². The summed E-state index contributed by atoms with van der Waals surface area (Å²) in [6.45, 7) is 4.76. The van der Waals surface area contributed by atoms with Crippen LogP contribution < -0.4 is 5.73 Å². The van der Waals surface area contributed by atoms with Crippen molar-refractivity contribution >= 4 is 5.97 Å². The number of hydrogen-bond acceptors (Lipinski definition) is 3. The summed E-state index contributed by atoms with van der Waals surface area (Å²) in [6.07, 6.45) is 4.41.